The van der Waals surface area contributed by atoms with Gasteiger partial charge in [-0.3, -0.25) is 9.36 Å². The lowest BCUT2D eigenvalue weighted by atomic mass is 10.2. The van der Waals surface area contributed by atoms with Crippen molar-refractivity contribution in [1.82, 2.24) is 39.8 Å². The van der Waals surface area contributed by atoms with Gasteiger partial charge in [-0.1, -0.05) is 25.1 Å². The molecule has 0 unspecified atom stereocenters. The number of aromatic amines is 1. The fraction of sp³-hybridized carbons (Fsp3) is 0.560. The molecule has 5 N–H and O–H groups in total. The summed E-state index contributed by atoms with van der Waals surface area (Å²) in [6.07, 6.45) is 3.26. The number of anilines is 1. The SMILES string of the molecule is C=C(CC(=O)NCCOCCOCCOCCn1cc(Cn2c(=O)[nH]c3c(N)nc(OCCCC)nc32)nn1)C(=O)O. The van der Waals surface area contributed by atoms with Crippen LogP contribution in [0.2, 0.25) is 0 Å². The summed E-state index contributed by atoms with van der Waals surface area (Å²) in [6, 6.07) is 0.113. The number of rotatable bonds is 21. The summed E-state index contributed by atoms with van der Waals surface area (Å²) in [7, 11) is 0. The Morgan fingerprint density at radius 3 is 2.52 bits per heavy atom. The predicted octanol–water partition coefficient (Wildman–Crippen LogP) is -0.283. The van der Waals surface area contributed by atoms with Crippen molar-refractivity contribution in [3.8, 4) is 6.01 Å². The van der Waals surface area contributed by atoms with Crippen molar-refractivity contribution in [2.45, 2.75) is 39.3 Å². The van der Waals surface area contributed by atoms with Crippen molar-refractivity contribution in [3.05, 3.63) is 34.5 Å². The average molecular weight is 592 g/mol. The zero-order valence-electron chi connectivity index (χ0n) is 23.5. The summed E-state index contributed by atoms with van der Waals surface area (Å²) in [4.78, 5) is 45.8. The molecule has 0 aliphatic heterocycles. The van der Waals surface area contributed by atoms with Crippen LogP contribution in [0.3, 0.4) is 0 Å². The topological polar surface area (TPSA) is 224 Å². The van der Waals surface area contributed by atoms with Crippen LogP contribution in [0.1, 0.15) is 31.9 Å². The molecule has 0 radical (unpaired) electrons. The highest BCUT2D eigenvalue weighted by molar-refractivity contribution is 5.93. The lowest BCUT2D eigenvalue weighted by molar-refractivity contribution is -0.134. The van der Waals surface area contributed by atoms with E-state index in [0.29, 0.717) is 63.0 Å². The molecule has 17 heteroatoms. The van der Waals surface area contributed by atoms with Crippen molar-refractivity contribution < 1.29 is 33.6 Å². The number of nitrogens with two attached hydrogens (primary N) is 1. The Bertz CT molecular complexity index is 1380. The summed E-state index contributed by atoms with van der Waals surface area (Å²) in [6.45, 7) is 8.74. The average Bonchev–Trinajstić information content (AvgIpc) is 3.53. The Kier molecular flexibility index (Phi) is 12.9. The number of H-pyrrole nitrogens is 1. The summed E-state index contributed by atoms with van der Waals surface area (Å²) in [5.74, 6) is -1.49. The van der Waals surface area contributed by atoms with E-state index in [2.05, 4.69) is 37.2 Å². The van der Waals surface area contributed by atoms with E-state index < -0.39 is 17.6 Å². The quantitative estimate of drug-likeness (QED) is 0.0925. The maximum Gasteiger partial charge on any atom is 0.331 e. The zero-order valence-corrected chi connectivity index (χ0v) is 23.5. The number of unbranched alkanes of at least 4 members (excludes halogenated alkanes) is 1. The molecule has 0 spiro atoms. The second kappa shape index (κ2) is 16.8. The fourth-order valence-corrected chi connectivity index (χ4v) is 3.53. The third-order valence-corrected chi connectivity index (χ3v) is 5.72. The molecule has 3 aromatic rings. The molecule has 0 aromatic carbocycles. The van der Waals surface area contributed by atoms with Gasteiger partial charge in [0.1, 0.15) is 11.2 Å². The van der Waals surface area contributed by atoms with Gasteiger partial charge in [0.15, 0.2) is 11.5 Å². The molecule has 0 fully saturated rings. The molecular weight excluding hydrogens is 554 g/mol. The number of carbonyl (C=O) groups excluding carboxylic acids is 1. The number of aromatic nitrogens is 7. The van der Waals surface area contributed by atoms with E-state index in [9.17, 15) is 14.4 Å². The zero-order chi connectivity index (χ0) is 30.3. The van der Waals surface area contributed by atoms with Gasteiger partial charge in [-0.25, -0.2) is 14.3 Å². The smallest absolute Gasteiger partial charge is 0.331 e. The van der Waals surface area contributed by atoms with Gasteiger partial charge in [0.05, 0.1) is 72.0 Å². The number of carbonyl (C=O) groups is 2. The fourth-order valence-electron chi connectivity index (χ4n) is 3.53. The molecule has 0 aliphatic rings. The minimum atomic E-state index is -1.20. The van der Waals surface area contributed by atoms with E-state index >= 15 is 0 Å². The molecule has 17 nitrogen and oxygen atoms in total. The highest BCUT2D eigenvalue weighted by atomic mass is 16.5. The van der Waals surface area contributed by atoms with Crippen molar-refractivity contribution in [2.75, 3.05) is 58.5 Å². The molecule has 0 atom stereocenters. The van der Waals surface area contributed by atoms with Crippen LogP contribution in [0.5, 0.6) is 6.01 Å². The van der Waals surface area contributed by atoms with Gasteiger partial charge in [0, 0.05) is 12.1 Å². The summed E-state index contributed by atoms with van der Waals surface area (Å²) >= 11 is 0. The number of hydrogen-bond donors (Lipinski definition) is 4. The first-order chi connectivity index (χ1) is 20.3. The van der Waals surface area contributed by atoms with Crippen LogP contribution in [0.15, 0.2) is 23.1 Å². The van der Waals surface area contributed by atoms with Crippen molar-refractivity contribution in [1.29, 1.82) is 0 Å². The van der Waals surface area contributed by atoms with Gasteiger partial charge >= 0.3 is 17.7 Å². The Labute approximate surface area is 241 Å². The number of carboxylic acid groups (broad SMARTS) is 1. The second-order valence-electron chi connectivity index (χ2n) is 9.05. The van der Waals surface area contributed by atoms with Crippen LogP contribution >= 0.6 is 0 Å². The van der Waals surface area contributed by atoms with Gasteiger partial charge in [-0.15, -0.1) is 5.10 Å². The van der Waals surface area contributed by atoms with Crippen molar-refractivity contribution >= 4 is 28.9 Å². The molecule has 3 aromatic heterocycles. The highest BCUT2D eigenvalue weighted by Gasteiger charge is 2.16. The monoisotopic (exact) mass is 591 g/mol. The highest BCUT2D eigenvalue weighted by Crippen LogP contribution is 2.18. The first-order valence-corrected chi connectivity index (χ1v) is 13.5. The maximum absolute atomic E-state index is 12.5. The summed E-state index contributed by atoms with van der Waals surface area (Å²) in [5.41, 5.74) is 6.65. The van der Waals surface area contributed by atoms with Crippen molar-refractivity contribution in [3.63, 3.8) is 0 Å². The molecule has 0 saturated heterocycles. The number of imidazole rings is 1. The van der Waals surface area contributed by atoms with Gasteiger partial charge in [-0.05, 0) is 6.42 Å². The van der Waals surface area contributed by atoms with Crippen LogP contribution in [0.25, 0.3) is 11.2 Å². The van der Waals surface area contributed by atoms with Gasteiger partial charge < -0.3 is 40.1 Å². The van der Waals surface area contributed by atoms with Crippen LogP contribution in [-0.4, -0.2) is 104 Å². The summed E-state index contributed by atoms with van der Waals surface area (Å²) < 4.78 is 24.9. The van der Waals surface area contributed by atoms with Gasteiger partial charge in [0.25, 0.3) is 0 Å². The molecule has 230 valence electrons. The van der Waals surface area contributed by atoms with E-state index in [0.717, 1.165) is 12.8 Å². The van der Waals surface area contributed by atoms with Gasteiger partial charge in [-0.2, -0.15) is 9.97 Å². The molecule has 1 amide bonds. The molecule has 3 rings (SSSR count). The van der Waals surface area contributed by atoms with E-state index in [1.807, 2.05) is 6.92 Å². The molecule has 42 heavy (non-hydrogen) atoms. The number of hydrogen-bond acceptors (Lipinski definition) is 12. The first kappa shape index (κ1) is 32.2. The number of ether oxygens (including phenoxy) is 4. The maximum atomic E-state index is 12.5. The molecule has 0 saturated carbocycles. The van der Waals surface area contributed by atoms with Crippen LogP contribution in [0, 0.1) is 0 Å². The van der Waals surface area contributed by atoms with E-state index in [1.54, 1.807) is 10.9 Å². The van der Waals surface area contributed by atoms with Crippen LogP contribution < -0.4 is 21.5 Å². The molecule has 3 heterocycles. The number of nitrogen functional groups attached to an aromatic ring is 1. The first-order valence-electron chi connectivity index (χ1n) is 13.5. The predicted molar refractivity (Wildman–Crippen MR) is 149 cm³/mol. The number of carboxylic acids is 1. The van der Waals surface area contributed by atoms with Crippen LogP contribution in [0.4, 0.5) is 5.82 Å². The number of aliphatic carboxylic acids is 1. The summed E-state index contributed by atoms with van der Waals surface area (Å²) in [5, 5.41) is 19.5. The van der Waals surface area contributed by atoms with Crippen LogP contribution in [-0.2, 0) is 36.9 Å². The Hall–Kier alpha value is -4.35. The molecular formula is C25H37N9O8. The minimum Gasteiger partial charge on any atom is -0.478 e. The number of nitrogens with zero attached hydrogens (tertiary/aromatic N) is 6. The Balaban J connectivity index is 1.29. The normalized spacial score (nSPS) is 11.2. The third-order valence-electron chi connectivity index (χ3n) is 5.72. The number of nitrogens with one attached hydrogen (secondary N) is 2. The lowest BCUT2D eigenvalue weighted by Gasteiger charge is -2.08. The van der Waals surface area contributed by atoms with Crippen molar-refractivity contribution in [2.24, 2.45) is 0 Å². The number of fused-ring (bicyclic) bond motifs is 1. The number of amides is 1. The standard InChI is InChI=1S/C25H37N9O8/c1-3-4-7-42-24-29-21(26)20-22(30-24)34(25(38)28-20)16-18-15-33(32-31-18)6-9-40-11-13-41-12-10-39-8-5-27-19(35)14-17(2)23(36)37/h15H,2-14,16H2,1H3,(H,27,35)(H,28,38)(H,36,37)(H2,26,29,30). The van der Waals surface area contributed by atoms with E-state index in [4.69, 9.17) is 29.8 Å². The van der Waals surface area contributed by atoms with E-state index in [-0.39, 0.29) is 43.5 Å². The molecule has 0 aliphatic carbocycles. The third kappa shape index (κ3) is 10.2. The van der Waals surface area contributed by atoms with E-state index in [1.165, 1.54) is 4.57 Å². The van der Waals surface area contributed by atoms with Gasteiger partial charge in [0.2, 0.25) is 5.91 Å². The largest absolute Gasteiger partial charge is 0.478 e. The Morgan fingerprint density at radius 2 is 1.81 bits per heavy atom. The molecule has 0 bridgehead atoms. The lowest BCUT2D eigenvalue weighted by Crippen LogP contribution is -2.28. The Morgan fingerprint density at radius 1 is 1.10 bits per heavy atom. The second-order valence-corrected chi connectivity index (χ2v) is 9.05. The minimum absolute atomic E-state index is 0.113.